The largest absolute Gasteiger partial charge is 0.399 e. The van der Waals surface area contributed by atoms with Gasteiger partial charge in [0.05, 0.1) is 13.2 Å². The summed E-state index contributed by atoms with van der Waals surface area (Å²) in [5, 5.41) is 0. The minimum Gasteiger partial charge on any atom is -0.399 e. The van der Waals surface area contributed by atoms with Gasteiger partial charge in [-0.05, 0) is 55.4 Å². The Morgan fingerprint density at radius 3 is 2.32 bits per heavy atom. The van der Waals surface area contributed by atoms with Crippen molar-refractivity contribution in [2.24, 2.45) is 0 Å². The Morgan fingerprint density at radius 2 is 1.64 bits per heavy atom. The van der Waals surface area contributed by atoms with Crippen molar-refractivity contribution in [1.29, 1.82) is 0 Å². The van der Waals surface area contributed by atoms with Crippen LogP contribution >= 0.6 is 0 Å². The number of hydrogen-bond donors (Lipinski definition) is 1. The number of hydrogen-bond acceptors (Lipinski definition) is 4. The first-order chi connectivity index (χ1) is 10.8. The van der Waals surface area contributed by atoms with Crippen molar-refractivity contribution in [1.82, 2.24) is 4.90 Å². The summed E-state index contributed by atoms with van der Waals surface area (Å²) < 4.78 is 5.47. The lowest BCUT2D eigenvalue weighted by molar-refractivity contribution is 0.0115. The molecule has 3 aliphatic rings. The summed E-state index contributed by atoms with van der Waals surface area (Å²) in [5.41, 5.74) is 9.84. The number of rotatable bonds is 3. The molecule has 1 aromatic carbocycles. The maximum absolute atomic E-state index is 6.13. The number of morpholine rings is 1. The Balaban J connectivity index is 1.40. The van der Waals surface area contributed by atoms with Crippen LogP contribution in [0.25, 0.3) is 0 Å². The molecule has 0 bridgehead atoms. The third-order valence-corrected chi connectivity index (χ3v) is 5.40. The highest BCUT2D eigenvalue weighted by atomic mass is 16.5. The summed E-state index contributed by atoms with van der Waals surface area (Å²) in [6.07, 6.45) is 5.19. The zero-order chi connectivity index (χ0) is 14.9. The second-order valence-electron chi connectivity index (χ2n) is 7.00. The molecule has 0 aromatic heterocycles. The number of ether oxygens (including phenoxy) is 1. The fourth-order valence-corrected chi connectivity index (χ4v) is 3.93. The Labute approximate surface area is 133 Å². The summed E-state index contributed by atoms with van der Waals surface area (Å²) in [6.45, 7) is 6.31. The average Bonchev–Trinajstić information content (AvgIpc) is 3.40. The van der Waals surface area contributed by atoms with Gasteiger partial charge >= 0.3 is 0 Å². The highest BCUT2D eigenvalue weighted by Crippen LogP contribution is 2.42. The van der Waals surface area contributed by atoms with Gasteiger partial charge in [0.25, 0.3) is 0 Å². The van der Waals surface area contributed by atoms with E-state index in [1.54, 1.807) is 0 Å². The second kappa shape index (κ2) is 6.09. The van der Waals surface area contributed by atoms with Crippen LogP contribution < -0.4 is 10.6 Å². The highest BCUT2D eigenvalue weighted by Gasteiger charge is 2.28. The molecule has 0 radical (unpaired) electrons. The number of anilines is 2. The Kier molecular flexibility index (Phi) is 3.97. The predicted octanol–water partition coefficient (Wildman–Crippen LogP) is 2.45. The predicted molar refractivity (Wildman–Crippen MR) is 90.5 cm³/mol. The molecule has 2 aliphatic heterocycles. The molecular weight excluding hydrogens is 274 g/mol. The number of nitrogens with two attached hydrogens (primary N) is 1. The van der Waals surface area contributed by atoms with Gasteiger partial charge in [0.1, 0.15) is 0 Å². The van der Waals surface area contributed by atoms with Crippen molar-refractivity contribution in [3.05, 3.63) is 23.8 Å². The van der Waals surface area contributed by atoms with Crippen LogP contribution in [0.5, 0.6) is 0 Å². The molecule has 1 aromatic rings. The summed E-state index contributed by atoms with van der Waals surface area (Å²) in [7, 11) is 0. The number of piperidine rings is 1. The van der Waals surface area contributed by atoms with Gasteiger partial charge in [-0.2, -0.15) is 0 Å². The number of nitrogens with zero attached hydrogens (tertiary/aromatic N) is 2. The van der Waals surface area contributed by atoms with Crippen molar-refractivity contribution >= 4 is 11.4 Å². The highest BCUT2D eigenvalue weighted by molar-refractivity contribution is 5.59. The molecule has 0 spiro atoms. The maximum atomic E-state index is 6.13. The van der Waals surface area contributed by atoms with Gasteiger partial charge in [-0.25, -0.2) is 0 Å². The van der Waals surface area contributed by atoms with Crippen LogP contribution in [0.4, 0.5) is 11.4 Å². The van der Waals surface area contributed by atoms with Crippen molar-refractivity contribution in [2.45, 2.75) is 37.6 Å². The molecule has 4 nitrogen and oxygen atoms in total. The quantitative estimate of drug-likeness (QED) is 0.871. The standard InChI is InChI=1S/C18H27N3O/c19-16-11-15(14-1-2-14)12-18(13-16)20-5-3-17(4-6-20)21-7-9-22-10-8-21/h11-14,17H,1-10,19H2. The maximum Gasteiger partial charge on any atom is 0.0594 e. The number of benzene rings is 1. The van der Waals surface area contributed by atoms with Crippen molar-refractivity contribution in [2.75, 3.05) is 50.0 Å². The third-order valence-electron chi connectivity index (χ3n) is 5.40. The number of nitrogen functional groups attached to an aromatic ring is 1. The molecule has 1 aliphatic carbocycles. The van der Waals surface area contributed by atoms with Gasteiger partial charge < -0.3 is 15.4 Å². The SMILES string of the molecule is Nc1cc(C2CC2)cc(N2CCC(N3CCOCC3)CC2)c1. The fourth-order valence-electron chi connectivity index (χ4n) is 3.93. The minimum atomic E-state index is 0.740. The lowest BCUT2D eigenvalue weighted by Crippen LogP contribution is -2.49. The van der Waals surface area contributed by atoms with Gasteiger partial charge in [-0.15, -0.1) is 0 Å². The zero-order valence-corrected chi connectivity index (χ0v) is 13.3. The Hall–Kier alpha value is -1.26. The normalized spacial score (nSPS) is 24.6. The fraction of sp³-hybridized carbons (Fsp3) is 0.667. The summed E-state index contributed by atoms with van der Waals surface area (Å²) in [5.74, 6) is 0.771. The van der Waals surface area contributed by atoms with E-state index in [9.17, 15) is 0 Å². The van der Waals surface area contributed by atoms with E-state index in [0.717, 1.165) is 57.0 Å². The molecular formula is C18H27N3O. The average molecular weight is 301 g/mol. The van der Waals surface area contributed by atoms with E-state index in [1.807, 2.05) is 0 Å². The third kappa shape index (κ3) is 3.08. The second-order valence-corrected chi connectivity index (χ2v) is 7.00. The van der Waals surface area contributed by atoms with Gasteiger partial charge in [0.15, 0.2) is 0 Å². The van der Waals surface area contributed by atoms with Crippen molar-refractivity contribution < 1.29 is 4.74 Å². The van der Waals surface area contributed by atoms with Crippen LogP contribution in [0, 0.1) is 0 Å². The van der Waals surface area contributed by atoms with Crippen LogP contribution in [0.3, 0.4) is 0 Å². The smallest absolute Gasteiger partial charge is 0.0594 e. The summed E-state index contributed by atoms with van der Waals surface area (Å²) >= 11 is 0. The van der Waals surface area contributed by atoms with Crippen LogP contribution in [-0.4, -0.2) is 50.3 Å². The topological polar surface area (TPSA) is 41.7 Å². The molecule has 1 saturated carbocycles. The molecule has 0 unspecified atom stereocenters. The van der Waals surface area contributed by atoms with Gasteiger partial charge in [-0.3, -0.25) is 4.90 Å². The molecule has 0 atom stereocenters. The lowest BCUT2D eigenvalue weighted by atomic mass is 10.0. The van der Waals surface area contributed by atoms with Gasteiger partial charge in [0.2, 0.25) is 0 Å². The van der Waals surface area contributed by atoms with Crippen LogP contribution in [0.1, 0.15) is 37.2 Å². The molecule has 3 fully saturated rings. The first kappa shape index (κ1) is 14.3. The minimum absolute atomic E-state index is 0.740. The molecule has 22 heavy (non-hydrogen) atoms. The van der Waals surface area contributed by atoms with E-state index < -0.39 is 0 Å². The molecule has 0 amide bonds. The van der Waals surface area contributed by atoms with E-state index in [1.165, 1.54) is 36.9 Å². The van der Waals surface area contributed by atoms with Crippen molar-refractivity contribution in [3.63, 3.8) is 0 Å². The van der Waals surface area contributed by atoms with Crippen LogP contribution in [0.15, 0.2) is 18.2 Å². The van der Waals surface area contributed by atoms with E-state index in [-0.39, 0.29) is 0 Å². The van der Waals surface area contributed by atoms with E-state index in [4.69, 9.17) is 10.5 Å². The lowest BCUT2D eigenvalue weighted by Gasteiger charge is -2.41. The molecule has 2 heterocycles. The molecule has 2 N–H and O–H groups in total. The first-order valence-electron chi connectivity index (χ1n) is 8.77. The monoisotopic (exact) mass is 301 g/mol. The summed E-state index contributed by atoms with van der Waals surface area (Å²) in [4.78, 5) is 5.15. The van der Waals surface area contributed by atoms with E-state index in [0.29, 0.717) is 0 Å². The molecule has 4 rings (SSSR count). The van der Waals surface area contributed by atoms with E-state index >= 15 is 0 Å². The zero-order valence-electron chi connectivity index (χ0n) is 13.3. The van der Waals surface area contributed by atoms with Crippen LogP contribution in [0.2, 0.25) is 0 Å². The molecule has 120 valence electrons. The summed E-state index contributed by atoms with van der Waals surface area (Å²) in [6, 6.07) is 7.44. The Bertz CT molecular complexity index is 515. The van der Waals surface area contributed by atoms with Gasteiger partial charge in [-0.1, -0.05) is 0 Å². The van der Waals surface area contributed by atoms with Crippen LogP contribution in [-0.2, 0) is 4.74 Å². The van der Waals surface area contributed by atoms with Crippen molar-refractivity contribution in [3.8, 4) is 0 Å². The van der Waals surface area contributed by atoms with Gasteiger partial charge in [0, 0.05) is 43.6 Å². The Morgan fingerprint density at radius 1 is 0.909 bits per heavy atom. The molecule has 2 saturated heterocycles. The first-order valence-corrected chi connectivity index (χ1v) is 8.77. The van der Waals surface area contributed by atoms with E-state index in [2.05, 4.69) is 28.0 Å². The molecule has 4 heteroatoms.